The molecule has 0 spiro atoms. The average Bonchev–Trinajstić information content (AvgIpc) is 2.53. The monoisotopic (exact) mass is 433 g/mol. The molecule has 5 heteroatoms. The smallest absolute Gasteiger partial charge is 0.191 e. The van der Waals surface area contributed by atoms with Crippen molar-refractivity contribution in [2.24, 2.45) is 10.9 Å². The van der Waals surface area contributed by atoms with Crippen molar-refractivity contribution in [1.82, 2.24) is 10.6 Å². The molecule has 0 saturated heterocycles. The summed E-state index contributed by atoms with van der Waals surface area (Å²) in [4.78, 5) is 4.29. The van der Waals surface area contributed by atoms with E-state index in [9.17, 15) is 0 Å². The van der Waals surface area contributed by atoms with Crippen LogP contribution < -0.4 is 10.6 Å². The molecule has 1 rings (SSSR count). The van der Waals surface area contributed by atoms with Gasteiger partial charge in [-0.1, -0.05) is 44.2 Å². The third-order valence-corrected chi connectivity index (χ3v) is 3.72. The normalized spacial score (nSPS) is 14.1. The molecule has 0 aromatic heterocycles. The zero-order valence-corrected chi connectivity index (χ0v) is 17.3. The van der Waals surface area contributed by atoms with Gasteiger partial charge < -0.3 is 15.4 Å². The number of rotatable bonds is 8. The number of halogens is 1. The Hall–Kier alpha value is -0.820. The predicted molar refractivity (Wildman–Crippen MR) is 110 cm³/mol. The first-order valence-electron chi connectivity index (χ1n) is 8.22. The number of aliphatic imine (C=N–C) groups is 1. The molecule has 2 atom stereocenters. The molecule has 0 aliphatic rings. The Bertz CT molecular complexity index is 437. The molecule has 23 heavy (non-hydrogen) atoms. The Kier molecular flexibility index (Phi) is 12.1. The van der Waals surface area contributed by atoms with E-state index in [0.717, 1.165) is 25.5 Å². The summed E-state index contributed by atoms with van der Waals surface area (Å²) in [6, 6.07) is 10.6. The number of nitrogens with one attached hydrogen (secondary N) is 2. The minimum Gasteiger partial charge on any atom is -0.378 e. The van der Waals surface area contributed by atoms with Gasteiger partial charge in [0.15, 0.2) is 5.96 Å². The molecule has 0 aliphatic heterocycles. The van der Waals surface area contributed by atoms with Gasteiger partial charge in [-0.25, -0.2) is 0 Å². The van der Waals surface area contributed by atoms with Crippen LogP contribution in [0.5, 0.6) is 0 Å². The molecule has 1 aromatic rings. The van der Waals surface area contributed by atoms with Gasteiger partial charge in [-0.3, -0.25) is 4.99 Å². The topological polar surface area (TPSA) is 45.6 Å². The van der Waals surface area contributed by atoms with Crippen molar-refractivity contribution in [1.29, 1.82) is 0 Å². The van der Waals surface area contributed by atoms with Gasteiger partial charge in [0.25, 0.3) is 0 Å². The third-order valence-electron chi connectivity index (χ3n) is 3.72. The van der Waals surface area contributed by atoms with Gasteiger partial charge in [-0.2, -0.15) is 0 Å². The van der Waals surface area contributed by atoms with Crippen molar-refractivity contribution in [3.05, 3.63) is 35.9 Å². The van der Waals surface area contributed by atoms with Crippen molar-refractivity contribution < 1.29 is 4.74 Å². The standard InChI is InChI=1S/C18H31N3O.HI/c1-6-22-17(14(2)3)12-13-20-18(19-5)21-15(4)16-10-8-7-9-11-16;/h7-11,14-15,17H,6,12-13H2,1-5H3,(H2,19,20,21);1H. The molecule has 0 heterocycles. The number of guanidine groups is 1. The molecular weight excluding hydrogens is 401 g/mol. The molecule has 0 fully saturated rings. The zero-order chi connectivity index (χ0) is 16.4. The summed E-state index contributed by atoms with van der Waals surface area (Å²) in [5, 5.41) is 6.79. The second-order valence-corrected chi connectivity index (χ2v) is 5.80. The molecule has 1 aromatic carbocycles. The van der Waals surface area contributed by atoms with Crippen LogP contribution in [0, 0.1) is 5.92 Å². The Labute approximate surface area is 158 Å². The van der Waals surface area contributed by atoms with Gasteiger partial charge >= 0.3 is 0 Å². The highest BCUT2D eigenvalue weighted by atomic mass is 127. The second kappa shape index (κ2) is 12.6. The van der Waals surface area contributed by atoms with Crippen LogP contribution in [0.25, 0.3) is 0 Å². The summed E-state index contributed by atoms with van der Waals surface area (Å²) in [6.07, 6.45) is 1.27. The third kappa shape index (κ3) is 8.55. The highest BCUT2D eigenvalue weighted by Gasteiger charge is 2.13. The lowest BCUT2D eigenvalue weighted by Gasteiger charge is -2.22. The van der Waals surface area contributed by atoms with Gasteiger partial charge in [0.2, 0.25) is 0 Å². The van der Waals surface area contributed by atoms with Crippen LogP contribution in [0.3, 0.4) is 0 Å². The number of hydrogen-bond acceptors (Lipinski definition) is 2. The molecule has 0 amide bonds. The second-order valence-electron chi connectivity index (χ2n) is 5.80. The average molecular weight is 433 g/mol. The van der Waals surface area contributed by atoms with Gasteiger partial charge in [-0.15, -0.1) is 24.0 Å². The Morgan fingerprint density at radius 1 is 1.17 bits per heavy atom. The maximum Gasteiger partial charge on any atom is 0.191 e. The quantitative estimate of drug-likeness (QED) is 0.370. The first kappa shape index (κ1) is 22.2. The summed E-state index contributed by atoms with van der Waals surface area (Å²) in [6.45, 7) is 10.2. The van der Waals surface area contributed by atoms with Crippen molar-refractivity contribution >= 4 is 29.9 Å². The van der Waals surface area contributed by atoms with Crippen LogP contribution in [0.1, 0.15) is 45.7 Å². The lowest BCUT2D eigenvalue weighted by atomic mass is 10.0. The summed E-state index contributed by atoms with van der Waals surface area (Å²) in [5.41, 5.74) is 1.25. The molecule has 0 aliphatic carbocycles. The molecular formula is C18H32IN3O. The lowest BCUT2D eigenvalue weighted by Crippen LogP contribution is -2.40. The van der Waals surface area contributed by atoms with Gasteiger partial charge in [0.1, 0.15) is 0 Å². The van der Waals surface area contributed by atoms with Crippen LogP contribution in [0.2, 0.25) is 0 Å². The van der Waals surface area contributed by atoms with Gasteiger partial charge in [0.05, 0.1) is 12.1 Å². The number of nitrogens with zero attached hydrogens (tertiary/aromatic N) is 1. The SMILES string of the molecule is CCOC(CCNC(=NC)NC(C)c1ccccc1)C(C)C.I. The van der Waals surface area contributed by atoms with Crippen molar-refractivity contribution in [2.75, 3.05) is 20.2 Å². The maximum atomic E-state index is 5.77. The number of hydrogen-bond donors (Lipinski definition) is 2. The molecule has 132 valence electrons. The predicted octanol–water partition coefficient (Wildman–Crippen LogP) is 3.98. The molecule has 2 N–H and O–H groups in total. The number of benzene rings is 1. The number of ether oxygens (including phenoxy) is 1. The fourth-order valence-electron chi connectivity index (χ4n) is 2.38. The molecule has 0 bridgehead atoms. The van der Waals surface area contributed by atoms with E-state index in [-0.39, 0.29) is 30.0 Å². The lowest BCUT2D eigenvalue weighted by molar-refractivity contribution is 0.0258. The van der Waals surface area contributed by atoms with Crippen molar-refractivity contribution in [2.45, 2.75) is 46.3 Å². The molecule has 0 saturated carbocycles. The largest absolute Gasteiger partial charge is 0.378 e. The Morgan fingerprint density at radius 2 is 1.83 bits per heavy atom. The van der Waals surface area contributed by atoms with E-state index in [0.29, 0.717) is 12.0 Å². The van der Waals surface area contributed by atoms with E-state index in [2.05, 4.69) is 60.7 Å². The van der Waals surface area contributed by atoms with E-state index in [1.165, 1.54) is 5.56 Å². The van der Waals surface area contributed by atoms with Gasteiger partial charge in [-0.05, 0) is 31.7 Å². The Balaban J connectivity index is 0.00000484. The summed E-state index contributed by atoms with van der Waals surface area (Å²) < 4.78 is 5.77. The highest BCUT2D eigenvalue weighted by Crippen LogP contribution is 2.11. The molecule has 4 nitrogen and oxygen atoms in total. The van der Waals surface area contributed by atoms with Crippen molar-refractivity contribution in [3.8, 4) is 0 Å². The summed E-state index contributed by atoms with van der Waals surface area (Å²) in [5.74, 6) is 1.36. The first-order chi connectivity index (χ1) is 10.6. The van der Waals surface area contributed by atoms with E-state index < -0.39 is 0 Å². The Morgan fingerprint density at radius 3 is 2.35 bits per heavy atom. The summed E-state index contributed by atoms with van der Waals surface area (Å²) in [7, 11) is 1.80. The maximum absolute atomic E-state index is 5.77. The fraction of sp³-hybridized carbons (Fsp3) is 0.611. The van der Waals surface area contributed by atoms with Crippen molar-refractivity contribution in [3.63, 3.8) is 0 Å². The van der Waals surface area contributed by atoms with E-state index in [1.807, 2.05) is 13.0 Å². The highest BCUT2D eigenvalue weighted by molar-refractivity contribution is 14.0. The fourth-order valence-corrected chi connectivity index (χ4v) is 2.38. The van der Waals surface area contributed by atoms with Crippen LogP contribution in [0.15, 0.2) is 35.3 Å². The minimum atomic E-state index is 0. The van der Waals surface area contributed by atoms with E-state index in [4.69, 9.17) is 4.74 Å². The molecule has 0 radical (unpaired) electrons. The first-order valence-corrected chi connectivity index (χ1v) is 8.22. The van der Waals surface area contributed by atoms with Crippen LogP contribution >= 0.6 is 24.0 Å². The minimum absolute atomic E-state index is 0. The van der Waals surface area contributed by atoms with Gasteiger partial charge in [0, 0.05) is 20.2 Å². The van der Waals surface area contributed by atoms with E-state index >= 15 is 0 Å². The summed E-state index contributed by atoms with van der Waals surface area (Å²) >= 11 is 0. The molecule has 2 unspecified atom stereocenters. The van der Waals surface area contributed by atoms with E-state index in [1.54, 1.807) is 7.05 Å². The van der Waals surface area contributed by atoms with Crippen LogP contribution in [-0.2, 0) is 4.74 Å². The van der Waals surface area contributed by atoms with Crippen LogP contribution in [0.4, 0.5) is 0 Å². The van der Waals surface area contributed by atoms with Crippen LogP contribution in [-0.4, -0.2) is 32.3 Å². The zero-order valence-electron chi connectivity index (χ0n) is 15.0.